The first kappa shape index (κ1) is 45.4. The van der Waals surface area contributed by atoms with E-state index in [0.717, 1.165) is 32.4 Å². The summed E-state index contributed by atoms with van der Waals surface area (Å²) >= 11 is 0. The summed E-state index contributed by atoms with van der Waals surface area (Å²) in [7, 11) is 0. The van der Waals surface area contributed by atoms with Crippen molar-refractivity contribution in [2.24, 2.45) is 29.6 Å². The van der Waals surface area contributed by atoms with Crippen molar-refractivity contribution in [1.29, 1.82) is 0 Å². The summed E-state index contributed by atoms with van der Waals surface area (Å²) in [6.07, 6.45) is 6.27. The molecule has 10 atom stereocenters. The number of carbonyl (C=O) groups is 2. The van der Waals surface area contributed by atoms with Gasteiger partial charge in [0.2, 0.25) is 5.43 Å². The van der Waals surface area contributed by atoms with E-state index in [-0.39, 0.29) is 72.6 Å². The van der Waals surface area contributed by atoms with Crippen LogP contribution in [-0.4, -0.2) is 79.6 Å². The molecule has 338 valence electrons. The Hall–Kier alpha value is -5.64. The van der Waals surface area contributed by atoms with Gasteiger partial charge >= 0.3 is 11.8 Å². The lowest BCUT2D eigenvalue weighted by Gasteiger charge is -2.37. The Bertz CT molecular complexity index is 2660. The number of hydrogen-bond donors (Lipinski definition) is 6. The highest BCUT2D eigenvalue weighted by atomic mass is 16.7. The third-order valence-corrected chi connectivity index (χ3v) is 13.5. The summed E-state index contributed by atoms with van der Waals surface area (Å²) < 4.78 is 24.8. The number of ether oxygens (including phenoxy) is 3. The summed E-state index contributed by atoms with van der Waals surface area (Å²) in [5.41, 5.74) is 0.112. The van der Waals surface area contributed by atoms with Crippen molar-refractivity contribution < 1.29 is 53.7 Å². The Kier molecular flexibility index (Phi) is 12.6. The highest BCUT2D eigenvalue weighted by molar-refractivity contribution is 5.97. The maximum atomic E-state index is 14.0. The van der Waals surface area contributed by atoms with Crippen molar-refractivity contribution >= 4 is 29.0 Å². The van der Waals surface area contributed by atoms with E-state index < -0.39 is 76.8 Å². The molecule has 0 saturated carbocycles. The number of rotatable bonds is 2. The highest BCUT2D eigenvalue weighted by Gasteiger charge is 2.44. The fraction of sp³-hybridized carbons (Fsp3) is 0.500. The standard InChI is InChI=1S/C48H59N3O12/c1-22-16-19-60-48(9)46(58)35-33-34(41(56)28(7)44(35)63-48)42(57)38(45-37(33)49-36-31(53)20-30(21-32(36)62-45)51-17-11-10-12-18-51)50-47(59)24(3)15-13-14-23(2)39(54)26(5)40(55)27(6)43(25(22)4)61-29(8)52/h13-16,19-23,25-27,39-40,42-43,54-58H,10-12,17-18H2,1-9H3,(H,50,59)/b14-13+,19-16+,24-15-/t22-,23-,25+,26+,27+,39-,40+,42?,43+,48-/m0/s1. The van der Waals surface area contributed by atoms with Gasteiger partial charge in [0.15, 0.2) is 22.6 Å². The number of phenols is 1. The highest BCUT2D eigenvalue weighted by Crippen LogP contribution is 2.42. The lowest BCUT2D eigenvalue weighted by atomic mass is 9.77. The molecule has 1 amide bonds. The lowest BCUT2D eigenvalue weighted by Crippen LogP contribution is -2.45. The van der Waals surface area contributed by atoms with E-state index in [1.165, 1.54) is 32.3 Å². The number of aliphatic hydroxyl groups excluding tert-OH is 4. The summed E-state index contributed by atoms with van der Waals surface area (Å²) in [5, 5.41) is 62.0. The second-order valence-electron chi connectivity index (χ2n) is 17.9. The van der Waals surface area contributed by atoms with Crippen molar-refractivity contribution in [3.63, 3.8) is 0 Å². The SMILES string of the molecule is CC(=O)O[C@H]1[C@H](C)[C@H](O)[C@H](C)[C@@H](O)[C@@H](C)/C=C/C=C(/C)C(=O)NC2=c3oc4cc(N5CCCCC5)cc(=O)c-4nc3=c3c(c(O)c(C)c4c3=C(O)[C@@](C)(O/C=C/[C@H](C)[C@H]1C)O4)C2O. The maximum Gasteiger partial charge on any atom is 0.307 e. The predicted molar refractivity (Wildman–Crippen MR) is 233 cm³/mol. The molecule has 0 aromatic heterocycles. The number of aliphatic hydroxyl groups is 4. The molecule has 5 heterocycles. The van der Waals surface area contributed by atoms with Gasteiger partial charge in [0, 0.05) is 84.4 Å². The van der Waals surface area contributed by atoms with Crippen molar-refractivity contribution in [3.05, 3.63) is 90.8 Å². The van der Waals surface area contributed by atoms with Gasteiger partial charge in [0.25, 0.3) is 5.91 Å². The number of piperidine rings is 1. The first-order valence-electron chi connectivity index (χ1n) is 21.7. The van der Waals surface area contributed by atoms with Crippen LogP contribution in [0.2, 0.25) is 0 Å². The zero-order chi connectivity index (χ0) is 45.8. The van der Waals surface area contributed by atoms with Crippen LogP contribution in [0.5, 0.6) is 11.5 Å². The number of benzene rings is 2. The molecule has 1 aromatic rings. The van der Waals surface area contributed by atoms with Crippen LogP contribution in [0, 0.1) is 47.1 Å². The third-order valence-electron chi connectivity index (χ3n) is 13.5. The number of nitrogens with one attached hydrogen (secondary N) is 1. The molecule has 1 aromatic carbocycles. The van der Waals surface area contributed by atoms with E-state index in [2.05, 4.69) is 10.2 Å². The fourth-order valence-corrected chi connectivity index (χ4v) is 9.23. The van der Waals surface area contributed by atoms with E-state index in [0.29, 0.717) is 5.69 Å². The molecule has 0 radical (unpaired) electrons. The Morgan fingerprint density at radius 2 is 1.62 bits per heavy atom. The van der Waals surface area contributed by atoms with Crippen LogP contribution < -0.4 is 31.0 Å². The van der Waals surface area contributed by atoms with E-state index in [9.17, 15) is 39.9 Å². The molecule has 1 fully saturated rings. The molecule has 8 rings (SSSR count). The average molecular weight is 870 g/mol. The minimum atomic E-state index is -1.89. The molecule has 5 aliphatic heterocycles. The quantitative estimate of drug-likeness (QED) is 0.197. The van der Waals surface area contributed by atoms with Crippen molar-refractivity contribution in [1.82, 2.24) is 10.3 Å². The van der Waals surface area contributed by atoms with Crippen LogP contribution in [0.3, 0.4) is 0 Å². The molecule has 2 aliphatic carbocycles. The molecular formula is C48H59N3O12. The summed E-state index contributed by atoms with van der Waals surface area (Å²) in [4.78, 5) is 47.1. The normalized spacial score (nSPS) is 32.2. The van der Waals surface area contributed by atoms with Gasteiger partial charge in [-0.2, -0.15) is 0 Å². The molecule has 5 bridgehead atoms. The number of allylic oxidation sites excluding steroid dienone is 3. The van der Waals surface area contributed by atoms with Crippen LogP contribution in [0.1, 0.15) is 91.9 Å². The number of carbonyl (C=O) groups excluding carboxylic acids is 2. The van der Waals surface area contributed by atoms with Gasteiger partial charge in [0.05, 0.1) is 29.4 Å². The molecule has 15 nitrogen and oxygen atoms in total. The Balaban J connectivity index is 1.49. The second-order valence-corrected chi connectivity index (χ2v) is 17.9. The second kappa shape index (κ2) is 17.5. The van der Waals surface area contributed by atoms with Gasteiger partial charge in [-0.25, -0.2) is 4.98 Å². The molecule has 7 aliphatic rings. The topological polar surface area (TPSA) is 221 Å². The number of nitrogens with zero attached hydrogens (tertiary/aromatic N) is 2. The molecular weight excluding hydrogens is 811 g/mol. The van der Waals surface area contributed by atoms with E-state index in [1.54, 1.807) is 58.9 Å². The summed E-state index contributed by atoms with van der Waals surface area (Å²) in [6.45, 7) is 16.4. The van der Waals surface area contributed by atoms with Gasteiger partial charge in [0.1, 0.15) is 29.1 Å². The van der Waals surface area contributed by atoms with Gasteiger partial charge in [-0.3, -0.25) is 14.4 Å². The number of amides is 1. The summed E-state index contributed by atoms with van der Waals surface area (Å²) in [5.74, 6) is -6.25. The van der Waals surface area contributed by atoms with E-state index in [4.69, 9.17) is 23.6 Å². The molecule has 63 heavy (non-hydrogen) atoms. The zero-order valence-electron chi connectivity index (χ0n) is 37.3. The number of aromatic nitrogens is 1. The summed E-state index contributed by atoms with van der Waals surface area (Å²) in [6, 6.07) is 3.21. The van der Waals surface area contributed by atoms with E-state index >= 15 is 0 Å². The zero-order valence-corrected chi connectivity index (χ0v) is 37.3. The molecule has 1 unspecified atom stereocenters. The van der Waals surface area contributed by atoms with Gasteiger partial charge < -0.3 is 54.4 Å². The van der Waals surface area contributed by atoms with Crippen LogP contribution in [-0.2, 0) is 19.1 Å². The number of anilines is 1. The molecule has 15 heteroatoms. The number of hydrogen-bond acceptors (Lipinski definition) is 14. The average Bonchev–Trinajstić information content (AvgIpc) is 3.52. The van der Waals surface area contributed by atoms with Crippen molar-refractivity contribution in [2.45, 2.75) is 112 Å². The molecule has 0 spiro atoms. The van der Waals surface area contributed by atoms with Gasteiger partial charge in [-0.1, -0.05) is 52.8 Å². The first-order valence-corrected chi connectivity index (χ1v) is 21.7. The monoisotopic (exact) mass is 869 g/mol. The smallest absolute Gasteiger partial charge is 0.307 e. The van der Waals surface area contributed by atoms with Crippen molar-refractivity contribution in [3.8, 4) is 23.0 Å². The van der Waals surface area contributed by atoms with Crippen LogP contribution in [0.25, 0.3) is 22.9 Å². The van der Waals surface area contributed by atoms with Crippen LogP contribution >= 0.6 is 0 Å². The number of fused-ring (bicyclic) bond motifs is 14. The number of aromatic hydroxyl groups is 1. The lowest BCUT2D eigenvalue weighted by molar-refractivity contribution is -0.158. The van der Waals surface area contributed by atoms with Crippen LogP contribution in [0.15, 0.2) is 57.5 Å². The molecule has 1 saturated heterocycles. The Morgan fingerprint density at radius 1 is 0.921 bits per heavy atom. The Morgan fingerprint density at radius 3 is 2.30 bits per heavy atom. The Labute approximate surface area is 365 Å². The van der Waals surface area contributed by atoms with Gasteiger partial charge in [-0.15, -0.1) is 0 Å². The maximum absolute atomic E-state index is 14.0. The molecule has 6 N–H and O–H groups in total. The van der Waals surface area contributed by atoms with Crippen molar-refractivity contribution in [2.75, 3.05) is 18.0 Å². The van der Waals surface area contributed by atoms with E-state index in [1.807, 2.05) is 13.8 Å². The number of esters is 1. The van der Waals surface area contributed by atoms with Gasteiger partial charge in [-0.05, 0) is 51.0 Å². The minimum Gasteiger partial charge on any atom is -0.507 e. The third kappa shape index (κ3) is 8.22. The predicted octanol–water partition coefficient (Wildman–Crippen LogP) is 4.36. The first-order chi connectivity index (χ1) is 29.7. The fourth-order valence-electron chi connectivity index (χ4n) is 9.23. The minimum absolute atomic E-state index is 0.0118. The van der Waals surface area contributed by atoms with Crippen LogP contribution in [0.4, 0.5) is 5.69 Å². The number of phenolic OH excluding ortho intramolecular Hbond substituents is 1. The largest absolute Gasteiger partial charge is 0.507 e.